The lowest BCUT2D eigenvalue weighted by molar-refractivity contribution is -0.125. The molecule has 0 spiro atoms. The normalized spacial score (nSPS) is 19.8. The van der Waals surface area contributed by atoms with Crippen LogP contribution < -0.4 is 31.8 Å². The van der Waals surface area contributed by atoms with Gasteiger partial charge in [-0.2, -0.15) is 18.3 Å². The molecule has 2 atom stereocenters. The Morgan fingerprint density at radius 2 is 2.08 bits per heavy atom. The number of aliphatic imine (C=N–C) groups is 1. The van der Waals surface area contributed by atoms with Crippen LogP contribution in [0.2, 0.25) is 0 Å². The third-order valence-corrected chi connectivity index (χ3v) is 6.10. The largest absolute Gasteiger partial charge is 0.415 e. The summed E-state index contributed by atoms with van der Waals surface area (Å²) in [4.78, 5) is 28.8. The lowest BCUT2D eigenvalue weighted by atomic mass is 9.93. The van der Waals surface area contributed by atoms with Crippen molar-refractivity contribution in [2.75, 3.05) is 26.3 Å². The molecule has 0 bridgehead atoms. The third-order valence-electron chi connectivity index (χ3n) is 6.10. The number of alkyl halides is 4. The molecule has 0 fully saturated rings. The Hall–Kier alpha value is -3.97. The summed E-state index contributed by atoms with van der Waals surface area (Å²) in [6.45, 7) is 4.99. The van der Waals surface area contributed by atoms with Crippen LogP contribution in [0.5, 0.6) is 0 Å². The quantitative estimate of drug-likeness (QED) is 0.293. The van der Waals surface area contributed by atoms with Crippen LogP contribution in [0.25, 0.3) is 11.8 Å². The summed E-state index contributed by atoms with van der Waals surface area (Å²) in [7, 11) is 0. The van der Waals surface area contributed by atoms with Gasteiger partial charge < -0.3 is 21.3 Å². The standard InChI is InChI=1S/C25H30F5N7O2/c1-3-19(36-24-32-10-15(9-26)11-33-24)17-12-34-37-20(17)7-8-21(38)31-13-22(39)35-14(2)16-5-4-6-18(23(16)27)25(28,29)30/h3,5,7,12,14-15,37H,1,4,6,8-11,13H2,2H3,(H,31,38)(H,35,39)(H2,32,33,36)/b19-17+,20-7+. The van der Waals surface area contributed by atoms with E-state index in [4.69, 9.17) is 0 Å². The number of H-pyrrole nitrogens is 1. The number of nitrogens with one attached hydrogen (secondary N) is 5. The molecule has 14 heteroatoms. The van der Waals surface area contributed by atoms with Crippen LogP contribution in [0.15, 0.2) is 46.9 Å². The van der Waals surface area contributed by atoms with Crippen molar-refractivity contribution >= 4 is 29.5 Å². The Morgan fingerprint density at radius 3 is 2.72 bits per heavy atom. The first-order valence-corrected chi connectivity index (χ1v) is 12.2. The molecule has 212 valence electrons. The fourth-order valence-corrected chi connectivity index (χ4v) is 3.99. The van der Waals surface area contributed by atoms with Crippen molar-refractivity contribution in [2.24, 2.45) is 10.9 Å². The molecule has 0 aromatic carbocycles. The molecule has 2 amide bonds. The van der Waals surface area contributed by atoms with Gasteiger partial charge in [0.1, 0.15) is 5.83 Å². The summed E-state index contributed by atoms with van der Waals surface area (Å²) in [6.07, 6.45) is 0.565. The molecule has 9 nitrogen and oxygen atoms in total. The first-order chi connectivity index (χ1) is 18.5. The maximum atomic E-state index is 14.4. The topological polar surface area (TPSA) is 123 Å². The van der Waals surface area contributed by atoms with E-state index in [0.717, 1.165) is 0 Å². The molecule has 2 aliphatic rings. The molecule has 39 heavy (non-hydrogen) atoms. The zero-order valence-electron chi connectivity index (χ0n) is 21.2. The minimum absolute atomic E-state index is 0.00468. The molecule has 3 rings (SSSR count). The highest BCUT2D eigenvalue weighted by Crippen LogP contribution is 2.38. The van der Waals surface area contributed by atoms with E-state index in [2.05, 4.69) is 43.0 Å². The van der Waals surface area contributed by atoms with Gasteiger partial charge in [0.2, 0.25) is 11.8 Å². The lowest BCUT2D eigenvalue weighted by Gasteiger charge is -2.23. The van der Waals surface area contributed by atoms with Crippen LogP contribution in [0.3, 0.4) is 0 Å². The third kappa shape index (κ3) is 8.01. The first-order valence-electron chi connectivity index (χ1n) is 12.2. The van der Waals surface area contributed by atoms with Crippen LogP contribution in [0.4, 0.5) is 22.0 Å². The summed E-state index contributed by atoms with van der Waals surface area (Å²) >= 11 is 0. The molecule has 1 aromatic heterocycles. The van der Waals surface area contributed by atoms with E-state index in [-0.39, 0.29) is 24.3 Å². The summed E-state index contributed by atoms with van der Waals surface area (Å²) in [5, 5.41) is 18.7. The van der Waals surface area contributed by atoms with E-state index >= 15 is 0 Å². The van der Waals surface area contributed by atoms with Gasteiger partial charge >= 0.3 is 6.18 Å². The Bertz CT molecular complexity index is 1300. The number of aromatic amines is 1. The predicted octanol–water partition coefficient (Wildman–Crippen LogP) is 1.14. The van der Waals surface area contributed by atoms with Gasteiger partial charge in [0.05, 0.1) is 42.1 Å². The number of hydrogen-bond acceptors (Lipinski definition) is 6. The number of halogens is 5. The van der Waals surface area contributed by atoms with Crippen LogP contribution in [-0.4, -0.2) is 66.5 Å². The first kappa shape index (κ1) is 29.6. The van der Waals surface area contributed by atoms with Crippen molar-refractivity contribution < 1.29 is 31.5 Å². The van der Waals surface area contributed by atoms with Crippen LogP contribution in [0.1, 0.15) is 26.2 Å². The van der Waals surface area contributed by atoms with E-state index < -0.39 is 55.1 Å². The van der Waals surface area contributed by atoms with E-state index in [1.54, 1.807) is 6.08 Å². The van der Waals surface area contributed by atoms with E-state index in [0.29, 0.717) is 35.3 Å². The van der Waals surface area contributed by atoms with Gasteiger partial charge in [-0.3, -0.25) is 24.1 Å². The summed E-state index contributed by atoms with van der Waals surface area (Å²) in [5.74, 6) is -2.31. The van der Waals surface area contributed by atoms with Crippen molar-refractivity contribution in [3.8, 4) is 0 Å². The molecular formula is C25H30F5N7O2. The molecule has 1 aliphatic carbocycles. The van der Waals surface area contributed by atoms with Crippen molar-refractivity contribution in [3.63, 3.8) is 0 Å². The minimum atomic E-state index is -4.78. The molecule has 2 heterocycles. The molecule has 5 N–H and O–H groups in total. The Labute approximate surface area is 221 Å². The van der Waals surface area contributed by atoms with Gasteiger partial charge in [-0.15, -0.1) is 0 Å². The molecule has 0 saturated carbocycles. The van der Waals surface area contributed by atoms with Crippen molar-refractivity contribution in [1.29, 1.82) is 0 Å². The number of nitrogens with zero attached hydrogens (tertiary/aromatic N) is 2. The highest BCUT2D eigenvalue weighted by molar-refractivity contribution is 5.88. The highest BCUT2D eigenvalue weighted by Gasteiger charge is 2.39. The maximum absolute atomic E-state index is 14.4. The number of guanidine groups is 1. The highest BCUT2D eigenvalue weighted by atomic mass is 19.4. The molecule has 2 unspecified atom stereocenters. The number of allylic oxidation sites excluding steroid dienone is 2. The second-order valence-corrected chi connectivity index (χ2v) is 8.99. The average Bonchev–Trinajstić information content (AvgIpc) is 3.37. The number of amides is 2. The van der Waals surface area contributed by atoms with Crippen LogP contribution in [-0.2, 0) is 9.59 Å². The van der Waals surface area contributed by atoms with Gasteiger partial charge in [0.15, 0.2) is 5.96 Å². The summed E-state index contributed by atoms with van der Waals surface area (Å²) in [5.41, 5.74) is -0.947. The van der Waals surface area contributed by atoms with Gasteiger partial charge in [-0.1, -0.05) is 12.7 Å². The summed E-state index contributed by atoms with van der Waals surface area (Å²) in [6, 6.07) is -1.02. The average molecular weight is 556 g/mol. The zero-order valence-corrected chi connectivity index (χ0v) is 21.2. The van der Waals surface area contributed by atoms with Gasteiger partial charge in [-0.25, -0.2) is 4.39 Å². The monoisotopic (exact) mass is 555 g/mol. The molecule has 1 aliphatic heterocycles. The van der Waals surface area contributed by atoms with E-state index in [9.17, 15) is 31.5 Å². The smallest absolute Gasteiger partial charge is 0.356 e. The Morgan fingerprint density at radius 1 is 1.31 bits per heavy atom. The second kappa shape index (κ2) is 13.2. The number of rotatable bonds is 9. The van der Waals surface area contributed by atoms with Crippen molar-refractivity contribution in [3.05, 3.63) is 52.5 Å². The molecular weight excluding hydrogens is 525 g/mol. The van der Waals surface area contributed by atoms with E-state index in [1.807, 2.05) is 0 Å². The molecule has 0 radical (unpaired) electrons. The Balaban J connectivity index is 1.57. The second-order valence-electron chi connectivity index (χ2n) is 8.99. The van der Waals surface area contributed by atoms with Crippen LogP contribution in [0, 0.1) is 5.92 Å². The summed E-state index contributed by atoms with van der Waals surface area (Å²) < 4.78 is 66.1. The number of aromatic nitrogens is 2. The van der Waals surface area contributed by atoms with Crippen molar-refractivity contribution in [2.45, 2.75) is 38.4 Å². The van der Waals surface area contributed by atoms with Gasteiger partial charge in [0.25, 0.3) is 0 Å². The fraction of sp³-hybridized carbons (Fsp3) is 0.440. The SMILES string of the molecule is C=C/C(NC1=NCC(CF)CN1)=c1/cn[nH]/c1=C/CC(=O)NCC(=O)NC(C)C1=CCCC(C(F)(F)F)=C1F. The maximum Gasteiger partial charge on any atom is 0.415 e. The van der Waals surface area contributed by atoms with Gasteiger partial charge in [0, 0.05) is 36.2 Å². The predicted molar refractivity (Wildman–Crippen MR) is 136 cm³/mol. The van der Waals surface area contributed by atoms with E-state index in [1.165, 1.54) is 25.3 Å². The number of carbonyl (C=O) groups excluding carboxylic acids is 2. The zero-order chi connectivity index (χ0) is 28.6. The number of hydrogen-bond donors (Lipinski definition) is 5. The fourth-order valence-electron chi connectivity index (χ4n) is 3.99. The molecule has 1 aromatic rings. The number of carbonyl (C=O) groups is 2. The van der Waals surface area contributed by atoms with Crippen molar-refractivity contribution in [1.82, 2.24) is 31.5 Å². The van der Waals surface area contributed by atoms with Gasteiger partial charge in [-0.05, 0) is 31.9 Å². The van der Waals surface area contributed by atoms with Crippen LogP contribution >= 0.6 is 0 Å². The lowest BCUT2D eigenvalue weighted by Crippen LogP contribution is -2.45. The minimum Gasteiger partial charge on any atom is -0.356 e. The molecule has 0 saturated heterocycles. The Kier molecular flexibility index (Phi) is 10.0.